The van der Waals surface area contributed by atoms with Gasteiger partial charge in [0.15, 0.2) is 5.96 Å². The Kier molecular flexibility index (Phi) is 10.4. The number of furan rings is 1. The Labute approximate surface area is 181 Å². The Morgan fingerprint density at radius 3 is 2.78 bits per heavy atom. The number of nitrogens with zero attached hydrogens (tertiary/aromatic N) is 3. The molecule has 1 atom stereocenters. The van der Waals surface area contributed by atoms with Crippen LogP contribution in [0.5, 0.6) is 0 Å². The summed E-state index contributed by atoms with van der Waals surface area (Å²) in [7, 11) is 3.45. The monoisotopic (exact) mass is 505 g/mol. The number of hydrogen-bond donors (Lipinski definition) is 2. The SMILES string of the molecule is Cc1cnc(C(C)CNC(=NCC(=O)N(C)C)NCCc2ccco2)s1.I. The quantitative estimate of drug-likeness (QED) is 0.328. The van der Waals surface area contributed by atoms with Crippen molar-refractivity contribution in [1.82, 2.24) is 20.5 Å². The van der Waals surface area contributed by atoms with Gasteiger partial charge in [-0.25, -0.2) is 9.98 Å². The molecular formula is C18H28IN5O2S. The van der Waals surface area contributed by atoms with E-state index in [0.717, 1.165) is 17.2 Å². The van der Waals surface area contributed by atoms with Gasteiger partial charge in [-0.05, 0) is 19.1 Å². The van der Waals surface area contributed by atoms with E-state index in [9.17, 15) is 4.79 Å². The van der Waals surface area contributed by atoms with Crippen molar-refractivity contribution >= 4 is 47.2 Å². The molecule has 2 aromatic rings. The third-order valence-electron chi connectivity index (χ3n) is 3.75. The van der Waals surface area contributed by atoms with Crippen LogP contribution in [0.2, 0.25) is 0 Å². The average molecular weight is 505 g/mol. The first-order valence-electron chi connectivity index (χ1n) is 8.62. The van der Waals surface area contributed by atoms with Crippen LogP contribution >= 0.6 is 35.3 Å². The average Bonchev–Trinajstić information content (AvgIpc) is 3.27. The molecule has 9 heteroatoms. The highest BCUT2D eigenvalue weighted by Gasteiger charge is 2.11. The molecule has 0 aliphatic carbocycles. The maximum atomic E-state index is 11.8. The smallest absolute Gasteiger partial charge is 0.243 e. The number of carbonyl (C=O) groups is 1. The molecule has 2 rings (SSSR count). The van der Waals surface area contributed by atoms with Gasteiger partial charge < -0.3 is 20.0 Å². The van der Waals surface area contributed by atoms with Crippen LogP contribution in [0.25, 0.3) is 0 Å². The lowest BCUT2D eigenvalue weighted by atomic mass is 10.2. The van der Waals surface area contributed by atoms with E-state index in [1.54, 1.807) is 31.7 Å². The lowest BCUT2D eigenvalue weighted by Crippen LogP contribution is -2.41. The van der Waals surface area contributed by atoms with Gasteiger partial charge >= 0.3 is 0 Å². The highest BCUT2D eigenvalue weighted by Crippen LogP contribution is 2.20. The van der Waals surface area contributed by atoms with Gasteiger partial charge in [0.1, 0.15) is 12.3 Å². The zero-order chi connectivity index (χ0) is 18.9. The molecule has 2 N–H and O–H groups in total. The Balaban J connectivity index is 0.00000364. The lowest BCUT2D eigenvalue weighted by Gasteiger charge is -2.15. The number of hydrogen-bond acceptors (Lipinski definition) is 5. The Hall–Kier alpha value is -1.62. The molecule has 27 heavy (non-hydrogen) atoms. The van der Waals surface area contributed by atoms with E-state index in [4.69, 9.17) is 4.42 Å². The lowest BCUT2D eigenvalue weighted by molar-refractivity contribution is -0.127. The summed E-state index contributed by atoms with van der Waals surface area (Å²) in [4.78, 5) is 23.4. The second-order valence-corrected chi connectivity index (χ2v) is 7.57. The first-order chi connectivity index (χ1) is 12.5. The second-order valence-electron chi connectivity index (χ2n) is 6.30. The van der Waals surface area contributed by atoms with E-state index in [2.05, 4.69) is 34.5 Å². The molecule has 0 aromatic carbocycles. The number of amides is 1. The summed E-state index contributed by atoms with van der Waals surface area (Å²) < 4.78 is 5.34. The van der Waals surface area contributed by atoms with Crippen molar-refractivity contribution in [3.8, 4) is 0 Å². The van der Waals surface area contributed by atoms with Crippen molar-refractivity contribution in [3.63, 3.8) is 0 Å². The van der Waals surface area contributed by atoms with E-state index in [1.807, 2.05) is 18.3 Å². The fourth-order valence-corrected chi connectivity index (χ4v) is 2.98. The molecule has 0 aliphatic rings. The molecular weight excluding hydrogens is 477 g/mol. The zero-order valence-electron chi connectivity index (χ0n) is 16.2. The number of nitrogens with one attached hydrogen (secondary N) is 2. The normalized spacial score (nSPS) is 12.2. The predicted molar refractivity (Wildman–Crippen MR) is 120 cm³/mol. The summed E-state index contributed by atoms with van der Waals surface area (Å²) in [5.74, 6) is 1.75. The van der Waals surface area contributed by atoms with Gasteiger partial charge in [-0.15, -0.1) is 35.3 Å². The maximum absolute atomic E-state index is 11.8. The van der Waals surface area contributed by atoms with Crippen LogP contribution in [0.1, 0.15) is 28.5 Å². The first kappa shape index (κ1) is 23.4. The van der Waals surface area contributed by atoms with Crippen LogP contribution in [-0.4, -0.2) is 55.5 Å². The minimum atomic E-state index is -0.0410. The van der Waals surface area contributed by atoms with Crippen molar-refractivity contribution in [2.24, 2.45) is 4.99 Å². The molecule has 0 fully saturated rings. The van der Waals surface area contributed by atoms with Crippen LogP contribution in [0.3, 0.4) is 0 Å². The predicted octanol–water partition coefficient (Wildman–Crippen LogP) is 2.63. The van der Waals surface area contributed by atoms with E-state index >= 15 is 0 Å². The van der Waals surface area contributed by atoms with Crippen LogP contribution in [0.4, 0.5) is 0 Å². The molecule has 0 saturated heterocycles. The Bertz CT molecular complexity index is 715. The van der Waals surface area contributed by atoms with E-state index in [-0.39, 0.29) is 42.3 Å². The number of thiazole rings is 1. The number of aliphatic imine (C=N–C) groups is 1. The molecule has 0 aliphatic heterocycles. The molecule has 7 nitrogen and oxygen atoms in total. The van der Waals surface area contributed by atoms with Gasteiger partial charge in [-0.3, -0.25) is 4.79 Å². The fourth-order valence-electron chi connectivity index (χ4n) is 2.16. The van der Waals surface area contributed by atoms with E-state index in [0.29, 0.717) is 19.0 Å². The van der Waals surface area contributed by atoms with Gasteiger partial charge in [-0.2, -0.15) is 0 Å². The third-order valence-corrected chi connectivity index (χ3v) is 4.90. The molecule has 150 valence electrons. The molecule has 2 aromatic heterocycles. The highest BCUT2D eigenvalue weighted by atomic mass is 127. The van der Waals surface area contributed by atoms with E-state index < -0.39 is 0 Å². The molecule has 0 spiro atoms. The van der Waals surface area contributed by atoms with Crippen molar-refractivity contribution in [2.45, 2.75) is 26.2 Å². The summed E-state index contributed by atoms with van der Waals surface area (Å²) in [5.41, 5.74) is 0. The summed E-state index contributed by atoms with van der Waals surface area (Å²) in [6.07, 6.45) is 4.30. The number of carbonyl (C=O) groups excluding carboxylic acids is 1. The summed E-state index contributed by atoms with van der Waals surface area (Å²) in [6.45, 7) is 5.64. The highest BCUT2D eigenvalue weighted by molar-refractivity contribution is 14.0. The topological polar surface area (TPSA) is 82.8 Å². The second kappa shape index (κ2) is 12.0. The summed E-state index contributed by atoms with van der Waals surface area (Å²) >= 11 is 1.70. The molecule has 2 heterocycles. The van der Waals surface area contributed by atoms with Crippen LogP contribution < -0.4 is 10.6 Å². The molecule has 0 bridgehead atoms. The molecule has 0 saturated carbocycles. The van der Waals surface area contributed by atoms with Crippen LogP contribution in [0, 0.1) is 6.92 Å². The third kappa shape index (κ3) is 8.29. The molecule has 1 unspecified atom stereocenters. The Morgan fingerprint density at radius 2 is 2.19 bits per heavy atom. The summed E-state index contributed by atoms with van der Waals surface area (Å²) in [5, 5.41) is 7.65. The van der Waals surface area contributed by atoms with E-state index in [1.165, 1.54) is 9.78 Å². The standard InChI is InChI=1S/C18H27N5O2S.HI/c1-13(17-20-11-14(2)26-17)10-21-18(22-12-16(24)23(3)4)19-8-7-15-6-5-9-25-15;/h5-6,9,11,13H,7-8,10,12H2,1-4H3,(H2,19,21,22);1H. The summed E-state index contributed by atoms with van der Waals surface area (Å²) in [6, 6.07) is 3.81. The van der Waals surface area contributed by atoms with Gasteiger partial charge in [0.25, 0.3) is 0 Å². The van der Waals surface area contributed by atoms with Gasteiger partial charge in [0.05, 0.1) is 11.3 Å². The fraction of sp³-hybridized carbons (Fsp3) is 0.500. The van der Waals surface area contributed by atoms with Crippen molar-refractivity contribution < 1.29 is 9.21 Å². The van der Waals surface area contributed by atoms with Gasteiger partial charge in [-0.1, -0.05) is 6.92 Å². The minimum Gasteiger partial charge on any atom is -0.469 e. The minimum absolute atomic E-state index is 0. The van der Waals surface area contributed by atoms with Crippen LogP contribution in [-0.2, 0) is 11.2 Å². The van der Waals surface area contributed by atoms with Gasteiger partial charge in [0, 0.05) is 50.6 Å². The zero-order valence-corrected chi connectivity index (χ0v) is 19.3. The van der Waals surface area contributed by atoms with Crippen molar-refractivity contribution in [3.05, 3.63) is 40.2 Å². The number of aryl methyl sites for hydroxylation is 1. The maximum Gasteiger partial charge on any atom is 0.243 e. The number of aromatic nitrogens is 1. The van der Waals surface area contributed by atoms with Crippen molar-refractivity contribution in [2.75, 3.05) is 33.7 Å². The number of rotatable bonds is 8. The largest absolute Gasteiger partial charge is 0.469 e. The van der Waals surface area contributed by atoms with Crippen molar-refractivity contribution in [1.29, 1.82) is 0 Å². The molecule has 0 radical (unpaired) electrons. The molecule has 1 amide bonds. The number of halogens is 1. The number of likely N-dealkylation sites (N-methyl/N-ethyl adjacent to an activating group) is 1. The van der Waals surface area contributed by atoms with Crippen LogP contribution in [0.15, 0.2) is 34.0 Å². The first-order valence-corrected chi connectivity index (χ1v) is 9.44. The van der Waals surface area contributed by atoms with Gasteiger partial charge in [0.2, 0.25) is 5.91 Å². The number of guanidine groups is 1. The Morgan fingerprint density at radius 1 is 1.41 bits per heavy atom.